The van der Waals surface area contributed by atoms with Gasteiger partial charge < -0.3 is 14.8 Å². The van der Waals surface area contributed by atoms with E-state index in [-0.39, 0.29) is 25.4 Å². The van der Waals surface area contributed by atoms with Gasteiger partial charge in [-0.2, -0.15) is 0 Å². The van der Waals surface area contributed by atoms with Crippen molar-refractivity contribution in [3.63, 3.8) is 0 Å². The van der Waals surface area contributed by atoms with Crippen molar-refractivity contribution in [2.45, 2.75) is 31.9 Å². The molecule has 0 aromatic heterocycles. The lowest BCUT2D eigenvalue weighted by Gasteiger charge is -2.27. The molecule has 33 heavy (non-hydrogen) atoms. The maximum atomic E-state index is 12.9. The maximum absolute atomic E-state index is 12.9. The van der Waals surface area contributed by atoms with Crippen LogP contribution in [0.4, 0.5) is 0 Å². The Balaban J connectivity index is 1.84. The summed E-state index contributed by atoms with van der Waals surface area (Å²) in [6.45, 7) is 1.81. The molecule has 3 rings (SSSR count). The molecule has 6 heteroatoms. The molecule has 0 bridgehead atoms. The number of esters is 2. The highest BCUT2D eigenvalue weighted by Crippen LogP contribution is 2.24. The number of carbonyl (C=O) groups is 3. The Bertz CT molecular complexity index is 1040. The van der Waals surface area contributed by atoms with Gasteiger partial charge in [-0.1, -0.05) is 91.0 Å². The summed E-state index contributed by atoms with van der Waals surface area (Å²) in [6, 6.07) is 26.0. The zero-order chi connectivity index (χ0) is 23.5. The molecule has 0 saturated heterocycles. The summed E-state index contributed by atoms with van der Waals surface area (Å²) >= 11 is 0. The van der Waals surface area contributed by atoms with E-state index in [4.69, 9.17) is 9.47 Å². The predicted octanol–water partition coefficient (Wildman–Crippen LogP) is 3.80. The molecule has 1 N–H and O–H groups in total. The molecule has 170 valence electrons. The SMILES string of the molecule is CCOC(=O)[C@@H](NC(=O)Cc1ccccc1)[C@H](OC(=O)Cc1ccccc1)c1ccccc1. The van der Waals surface area contributed by atoms with Crippen LogP contribution in [0.25, 0.3) is 0 Å². The summed E-state index contributed by atoms with van der Waals surface area (Å²) < 4.78 is 11.0. The van der Waals surface area contributed by atoms with Crippen molar-refractivity contribution in [2.24, 2.45) is 0 Å². The van der Waals surface area contributed by atoms with Crippen LogP contribution >= 0.6 is 0 Å². The summed E-state index contributed by atoms with van der Waals surface area (Å²) in [7, 11) is 0. The number of amides is 1. The van der Waals surface area contributed by atoms with E-state index in [1.807, 2.05) is 66.7 Å². The fraction of sp³-hybridized carbons (Fsp3) is 0.222. The summed E-state index contributed by atoms with van der Waals surface area (Å²) in [4.78, 5) is 38.4. The molecule has 0 saturated carbocycles. The lowest BCUT2D eigenvalue weighted by Crippen LogP contribution is -2.47. The van der Waals surface area contributed by atoms with Crippen LogP contribution in [0, 0.1) is 0 Å². The van der Waals surface area contributed by atoms with Crippen LogP contribution in [-0.2, 0) is 36.7 Å². The zero-order valence-corrected chi connectivity index (χ0v) is 18.5. The third-order valence-electron chi connectivity index (χ3n) is 4.95. The Hall–Kier alpha value is -3.93. The number of nitrogens with one attached hydrogen (secondary N) is 1. The lowest BCUT2D eigenvalue weighted by molar-refractivity contribution is -0.160. The minimum absolute atomic E-state index is 0.0394. The number of rotatable bonds is 10. The number of hydrogen-bond acceptors (Lipinski definition) is 5. The largest absolute Gasteiger partial charge is 0.464 e. The molecule has 0 radical (unpaired) electrons. The maximum Gasteiger partial charge on any atom is 0.332 e. The van der Waals surface area contributed by atoms with Crippen LogP contribution < -0.4 is 5.32 Å². The van der Waals surface area contributed by atoms with Gasteiger partial charge in [0.2, 0.25) is 5.91 Å². The predicted molar refractivity (Wildman–Crippen MR) is 124 cm³/mol. The van der Waals surface area contributed by atoms with E-state index in [9.17, 15) is 14.4 Å². The van der Waals surface area contributed by atoms with E-state index in [2.05, 4.69) is 5.32 Å². The van der Waals surface area contributed by atoms with Gasteiger partial charge in [0.15, 0.2) is 12.1 Å². The third-order valence-corrected chi connectivity index (χ3v) is 4.95. The van der Waals surface area contributed by atoms with Crippen LogP contribution in [0.5, 0.6) is 0 Å². The van der Waals surface area contributed by atoms with E-state index in [1.54, 1.807) is 31.2 Å². The van der Waals surface area contributed by atoms with Crippen molar-refractivity contribution in [1.82, 2.24) is 5.32 Å². The smallest absolute Gasteiger partial charge is 0.332 e. The Morgan fingerprint density at radius 3 is 1.82 bits per heavy atom. The lowest BCUT2D eigenvalue weighted by atomic mass is 10.0. The summed E-state index contributed by atoms with van der Waals surface area (Å²) in [5.41, 5.74) is 2.17. The highest BCUT2D eigenvalue weighted by Gasteiger charge is 2.35. The fourth-order valence-electron chi connectivity index (χ4n) is 3.41. The van der Waals surface area contributed by atoms with Crippen molar-refractivity contribution in [3.05, 3.63) is 108 Å². The first kappa shape index (κ1) is 23.7. The van der Waals surface area contributed by atoms with Gasteiger partial charge in [0.05, 0.1) is 19.4 Å². The second kappa shape index (κ2) is 12.2. The molecule has 0 fully saturated rings. The van der Waals surface area contributed by atoms with Gasteiger partial charge >= 0.3 is 11.9 Å². The molecular formula is C27H27NO5. The van der Waals surface area contributed by atoms with E-state index in [1.165, 1.54) is 0 Å². The first-order chi connectivity index (χ1) is 16.1. The molecule has 3 aromatic rings. The third kappa shape index (κ3) is 7.31. The molecular weight excluding hydrogens is 418 g/mol. The Morgan fingerprint density at radius 1 is 0.758 bits per heavy atom. The van der Waals surface area contributed by atoms with Gasteiger partial charge in [-0.25, -0.2) is 4.79 Å². The first-order valence-electron chi connectivity index (χ1n) is 10.8. The standard InChI is InChI=1S/C27H27NO5/c1-2-32-27(31)25(28-23(29)18-20-12-6-3-7-13-20)26(22-16-10-5-11-17-22)33-24(30)19-21-14-8-4-9-15-21/h3-17,25-26H,2,18-19H2,1H3,(H,28,29)/t25-,26+/m0/s1. The van der Waals surface area contributed by atoms with Crippen LogP contribution in [0.15, 0.2) is 91.0 Å². The van der Waals surface area contributed by atoms with E-state index in [0.29, 0.717) is 5.56 Å². The molecule has 0 spiro atoms. The van der Waals surface area contributed by atoms with E-state index < -0.39 is 24.1 Å². The molecule has 0 aliphatic heterocycles. The molecule has 2 atom stereocenters. The van der Waals surface area contributed by atoms with Gasteiger partial charge in [0.25, 0.3) is 0 Å². The quantitative estimate of drug-likeness (QED) is 0.480. The van der Waals surface area contributed by atoms with Crippen molar-refractivity contribution < 1.29 is 23.9 Å². The fourth-order valence-corrected chi connectivity index (χ4v) is 3.41. The van der Waals surface area contributed by atoms with Gasteiger partial charge in [0, 0.05) is 0 Å². The second-order valence-corrected chi connectivity index (χ2v) is 7.44. The van der Waals surface area contributed by atoms with E-state index in [0.717, 1.165) is 11.1 Å². The monoisotopic (exact) mass is 445 g/mol. The van der Waals surface area contributed by atoms with Gasteiger partial charge in [-0.05, 0) is 23.6 Å². The Labute approximate surface area is 193 Å². The van der Waals surface area contributed by atoms with Gasteiger partial charge in [-0.3, -0.25) is 9.59 Å². The van der Waals surface area contributed by atoms with Gasteiger partial charge in [0.1, 0.15) is 0 Å². The number of carbonyl (C=O) groups excluding carboxylic acids is 3. The summed E-state index contributed by atoms with van der Waals surface area (Å²) in [5.74, 6) is -1.55. The number of benzene rings is 3. The topological polar surface area (TPSA) is 81.7 Å². The number of hydrogen-bond donors (Lipinski definition) is 1. The summed E-state index contributed by atoms with van der Waals surface area (Å²) in [6.07, 6.45) is -0.922. The normalized spacial score (nSPS) is 12.3. The molecule has 1 amide bonds. The van der Waals surface area contributed by atoms with Crippen LogP contribution in [0.1, 0.15) is 29.7 Å². The zero-order valence-electron chi connectivity index (χ0n) is 18.5. The average molecular weight is 446 g/mol. The minimum atomic E-state index is -1.19. The van der Waals surface area contributed by atoms with Crippen LogP contribution in [0.2, 0.25) is 0 Å². The van der Waals surface area contributed by atoms with Crippen molar-refractivity contribution in [1.29, 1.82) is 0 Å². The molecule has 6 nitrogen and oxygen atoms in total. The van der Waals surface area contributed by atoms with Crippen molar-refractivity contribution >= 4 is 17.8 Å². The molecule has 3 aromatic carbocycles. The molecule has 0 aliphatic rings. The van der Waals surface area contributed by atoms with Crippen molar-refractivity contribution in [2.75, 3.05) is 6.61 Å². The molecule has 0 unspecified atom stereocenters. The van der Waals surface area contributed by atoms with Crippen LogP contribution in [-0.4, -0.2) is 30.5 Å². The Kier molecular flexibility index (Phi) is 8.77. The van der Waals surface area contributed by atoms with Crippen LogP contribution in [0.3, 0.4) is 0 Å². The number of ether oxygens (including phenoxy) is 2. The highest BCUT2D eigenvalue weighted by atomic mass is 16.6. The Morgan fingerprint density at radius 2 is 1.27 bits per heavy atom. The average Bonchev–Trinajstić information content (AvgIpc) is 2.83. The van der Waals surface area contributed by atoms with E-state index >= 15 is 0 Å². The van der Waals surface area contributed by atoms with Gasteiger partial charge in [-0.15, -0.1) is 0 Å². The molecule has 0 heterocycles. The first-order valence-corrected chi connectivity index (χ1v) is 10.8. The molecule has 0 aliphatic carbocycles. The van der Waals surface area contributed by atoms with Crippen molar-refractivity contribution in [3.8, 4) is 0 Å². The summed E-state index contributed by atoms with van der Waals surface area (Å²) in [5, 5.41) is 2.73. The highest BCUT2D eigenvalue weighted by molar-refractivity contribution is 5.86. The second-order valence-electron chi connectivity index (χ2n) is 7.44. The minimum Gasteiger partial charge on any atom is -0.464 e.